The monoisotopic (exact) mass is 273 g/mol. The Kier molecular flexibility index (Phi) is 4.82. The lowest BCUT2D eigenvalue weighted by molar-refractivity contribution is -0.116. The predicted octanol–water partition coefficient (Wildman–Crippen LogP) is 3.27. The van der Waals surface area contributed by atoms with Gasteiger partial charge in [0.2, 0.25) is 5.91 Å². The van der Waals surface area contributed by atoms with E-state index in [9.17, 15) is 4.79 Å². The number of anilines is 1. The minimum absolute atomic E-state index is 0.0367. The molecular formula is C16H19NO3. The maximum Gasteiger partial charge on any atom is 0.223 e. The van der Waals surface area contributed by atoms with Crippen LogP contribution in [-0.2, 0) is 11.2 Å². The molecule has 106 valence electrons. The van der Waals surface area contributed by atoms with Crippen molar-refractivity contribution in [3.8, 4) is 5.75 Å². The molecule has 1 aromatic heterocycles. The van der Waals surface area contributed by atoms with E-state index in [0.717, 1.165) is 30.0 Å². The second-order valence-corrected chi connectivity index (χ2v) is 4.55. The topological polar surface area (TPSA) is 42.7 Å². The molecule has 4 nitrogen and oxygen atoms in total. The molecule has 0 spiro atoms. The molecule has 0 aliphatic carbocycles. The first-order valence-electron chi connectivity index (χ1n) is 6.65. The lowest BCUT2D eigenvalue weighted by Gasteiger charge is -2.21. The maximum atomic E-state index is 11.8. The second-order valence-electron chi connectivity index (χ2n) is 4.55. The largest absolute Gasteiger partial charge is 0.497 e. The van der Waals surface area contributed by atoms with Crippen molar-refractivity contribution in [1.29, 1.82) is 0 Å². The van der Waals surface area contributed by atoms with Crippen LogP contribution >= 0.6 is 0 Å². The summed E-state index contributed by atoms with van der Waals surface area (Å²) in [6, 6.07) is 11.3. The van der Waals surface area contributed by atoms with Crippen LogP contribution in [0.4, 0.5) is 5.69 Å². The number of methoxy groups -OCH3 is 1. The van der Waals surface area contributed by atoms with Crippen LogP contribution in [0.2, 0.25) is 0 Å². The maximum absolute atomic E-state index is 11.8. The Morgan fingerprint density at radius 1 is 1.25 bits per heavy atom. The summed E-state index contributed by atoms with van der Waals surface area (Å²) in [5.74, 6) is 1.77. The lowest BCUT2D eigenvalue weighted by atomic mass is 10.2. The van der Waals surface area contributed by atoms with E-state index >= 15 is 0 Å². The van der Waals surface area contributed by atoms with E-state index in [4.69, 9.17) is 9.15 Å². The van der Waals surface area contributed by atoms with Crippen molar-refractivity contribution in [3.05, 3.63) is 48.4 Å². The molecule has 0 bridgehead atoms. The summed E-state index contributed by atoms with van der Waals surface area (Å²) in [5.41, 5.74) is 0.887. The van der Waals surface area contributed by atoms with Crippen molar-refractivity contribution >= 4 is 11.6 Å². The van der Waals surface area contributed by atoms with Gasteiger partial charge in [0.25, 0.3) is 0 Å². The summed E-state index contributed by atoms with van der Waals surface area (Å²) in [5, 5.41) is 0. The first-order chi connectivity index (χ1) is 9.70. The van der Waals surface area contributed by atoms with Gasteiger partial charge < -0.3 is 14.1 Å². The van der Waals surface area contributed by atoms with Gasteiger partial charge in [0.05, 0.1) is 13.4 Å². The Labute approximate surface area is 119 Å². The van der Waals surface area contributed by atoms with Crippen LogP contribution in [0.1, 0.15) is 19.1 Å². The molecule has 0 aliphatic heterocycles. The number of hydrogen-bond acceptors (Lipinski definition) is 3. The number of benzene rings is 1. The molecular weight excluding hydrogens is 254 g/mol. The molecule has 0 atom stereocenters. The van der Waals surface area contributed by atoms with Crippen molar-refractivity contribution in [2.45, 2.75) is 19.8 Å². The van der Waals surface area contributed by atoms with Gasteiger partial charge in [0, 0.05) is 25.6 Å². The normalized spacial score (nSPS) is 10.3. The quantitative estimate of drug-likeness (QED) is 0.811. The van der Waals surface area contributed by atoms with E-state index in [0.29, 0.717) is 6.54 Å². The molecule has 1 heterocycles. The van der Waals surface area contributed by atoms with Crippen LogP contribution in [0.15, 0.2) is 47.1 Å². The Hall–Kier alpha value is -2.23. The Balaban J connectivity index is 1.97. The highest BCUT2D eigenvalue weighted by molar-refractivity contribution is 5.91. The molecule has 0 saturated carbocycles. The first kappa shape index (κ1) is 14.2. The molecule has 0 N–H and O–H groups in total. The summed E-state index contributed by atoms with van der Waals surface area (Å²) in [6.45, 7) is 2.25. The van der Waals surface area contributed by atoms with Crippen molar-refractivity contribution in [2.75, 3.05) is 18.6 Å². The lowest BCUT2D eigenvalue weighted by Crippen LogP contribution is -2.29. The highest BCUT2D eigenvalue weighted by Gasteiger charge is 2.11. The van der Waals surface area contributed by atoms with Gasteiger partial charge in [-0.3, -0.25) is 4.79 Å². The summed E-state index contributed by atoms with van der Waals surface area (Å²) < 4.78 is 10.4. The minimum Gasteiger partial charge on any atom is -0.497 e. The van der Waals surface area contributed by atoms with Crippen molar-refractivity contribution < 1.29 is 13.9 Å². The van der Waals surface area contributed by atoms with E-state index in [1.54, 1.807) is 25.2 Å². The molecule has 0 radical (unpaired) electrons. The number of rotatable bonds is 6. The van der Waals surface area contributed by atoms with E-state index < -0.39 is 0 Å². The number of hydrogen-bond donors (Lipinski definition) is 0. The molecule has 2 aromatic rings. The van der Waals surface area contributed by atoms with Gasteiger partial charge >= 0.3 is 0 Å². The second kappa shape index (κ2) is 6.80. The Bertz CT molecular complexity index is 531. The van der Waals surface area contributed by atoms with Gasteiger partial charge in [0.1, 0.15) is 11.5 Å². The molecule has 2 rings (SSSR count). The van der Waals surface area contributed by atoms with Crippen LogP contribution in [0.25, 0.3) is 0 Å². The molecule has 0 unspecified atom stereocenters. The molecule has 1 aromatic carbocycles. The third-order valence-electron chi connectivity index (χ3n) is 3.15. The third kappa shape index (κ3) is 3.63. The van der Waals surface area contributed by atoms with Crippen LogP contribution < -0.4 is 9.64 Å². The van der Waals surface area contributed by atoms with E-state index in [2.05, 4.69) is 0 Å². The molecule has 0 aliphatic rings. The fourth-order valence-electron chi connectivity index (χ4n) is 2.10. The van der Waals surface area contributed by atoms with Crippen molar-refractivity contribution in [3.63, 3.8) is 0 Å². The fourth-order valence-corrected chi connectivity index (χ4v) is 2.10. The Morgan fingerprint density at radius 3 is 2.55 bits per heavy atom. The summed E-state index contributed by atoms with van der Waals surface area (Å²) in [6.07, 6.45) is 3.35. The molecule has 1 amide bonds. The number of nitrogens with zero attached hydrogens (tertiary/aromatic N) is 1. The van der Waals surface area contributed by atoms with Crippen LogP contribution in [0.3, 0.4) is 0 Å². The molecule has 0 saturated heterocycles. The zero-order valence-electron chi connectivity index (χ0n) is 11.8. The van der Waals surface area contributed by atoms with Gasteiger partial charge in [-0.1, -0.05) is 0 Å². The van der Waals surface area contributed by atoms with Crippen LogP contribution in [-0.4, -0.2) is 19.6 Å². The number of carbonyl (C=O) groups is 1. The SMILES string of the molecule is COc1ccc(N(CCCc2ccco2)C(C)=O)cc1. The first-order valence-corrected chi connectivity index (χ1v) is 6.65. The van der Waals surface area contributed by atoms with Crippen LogP contribution in [0.5, 0.6) is 5.75 Å². The number of carbonyl (C=O) groups excluding carboxylic acids is 1. The van der Waals surface area contributed by atoms with E-state index in [1.807, 2.05) is 36.4 Å². The van der Waals surface area contributed by atoms with Gasteiger partial charge in [-0.15, -0.1) is 0 Å². The fraction of sp³-hybridized carbons (Fsp3) is 0.312. The smallest absolute Gasteiger partial charge is 0.223 e. The molecule has 20 heavy (non-hydrogen) atoms. The van der Waals surface area contributed by atoms with Crippen molar-refractivity contribution in [2.24, 2.45) is 0 Å². The zero-order chi connectivity index (χ0) is 14.4. The highest BCUT2D eigenvalue weighted by Crippen LogP contribution is 2.20. The third-order valence-corrected chi connectivity index (χ3v) is 3.15. The van der Waals surface area contributed by atoms with Gasteiger partial charge in [-0.2, -0.15) is 0 Å². The number of ether oxygens (including phenoxy) is 1. The highest BCUT2D eigenvalue weighted by atomic mass is 16.5. The van der Waals surface area contributed by atoms with Gasteiger partial charge in [-0.25, -0.2) is 0 Å². The molecule has 4 heteroatoms. The average molecular weight is 273 g/mol. The standard InChI is InChI=1S/C16H19NO3/c1-13(18)17(11-3-5-16-6-4-12-20-16)14-7-9-15(19-2)10-8-14/h4,6-10,12H,3,5,11H2,1-2H3. The summed E-state index contributed by atoms with van der Waals surface area (Å²) in [7, 11) is 1.63. The summed E-state index contributed by atoms with van der Waals surface area (Å²) >= 11 is 0. The Morgan fingerprint density at radius 2 is 2.00 bits per heavy atom. The zero-order valence-corrected chi connectivity index (χ0v) is 11.8. The predicted molar refractivity (Wildman–Crippen MR) is 78.1 cm³/mol. The number of furan rings is 1. The van der Waals surface area contributed by atoms with Gasteiger partial charge in [0.15, 0.2) is 0 Å². The number of amides is 1. The van der Waals surface area contributed by atoms with E-state index in [1.165, 1.54) is 0 Å². The van der Waals surface area contributed by atoms with E-state index in [-0.39, 0.29) is 5.91 Å². The van der Waals surface area contributed by atoms with Crippen molar-refractivity contribution in [1.82, 2.24) is 0 Å². The average Bonchev–Trinajstić information content (AvgIpc) is 2.97. The number of aryl methyl sites for hydroxylation is 1. The molecule has 0 fully saturated rings. The van der Waals surface area contributed by atoms with Crippen LogP contribution in [0, 0.1) is 0 Å². The summed E-state index contributed by atoms with van der Waals surface area (Å²) in [4.78, 5) is 13.5. The van der Waals surface area contributed by atoms with Gasteiger partial charge in [-0.05, 0) is 42.8 Å². The minimum atomic E-state index is 0.0367.